The van der Waals surface area contributed by atoms with Crippen LogP contribution in [0.1, 0.15) is 45.0 Å². The SMILES string of the molecule is O=C(OCCCCCCOC(=O)c1sc2ccccc2c1Cl)c1sc2ccccc2c1Cl. The molecule has 2 aromatic heterocycles. The molecule has 0 atom stereocenters. The summed E-state index contributed by atoms with van der Waals surface area (Å²) in [7, 11) is 0. The lowest BCUT2D eigenvalue weighted by Gasteiger charge is -2.05. The molecule has 4 nitrogen and oxygen atoms in total. The van der Waals surface area contributed by atoms with Gasteiger partial charge in [0.1, 0.15) is 9.75 Å². The first-order chi connectivity index (χ1) is 15.6. The van der Waals surface area contributed by atoms with Crippen LogP contribution in [-0.4, -0.2) is 25.2 Å². The van der Waals surface area contributed by atoms with E-state index in [4.69, 9.17) is 32.7 Å². The van der Waals surface area contributed by atoms with Crippen LogP contribution < -0.4 is 0 Å². The van der Waals surface area contributed by atoms with Gasteiger partial charge in [0, 0.05) is 20.2 Å². The second-order valence-corrected chi connectivity index (χ2v) is 10.0. The number of hydrogen-bond donors (Lipinski definition) is 0. The van der Waals surface area contributed by atoms with E-state index in [9.17, 15) is 9.59 Å². The van der Waals surface area contributed by atoms with Crippen LogP contribution in [0, 0.1) is 0 Å². The molecule has 4 rings (SSSR count). The van der Waals surface area contributed by atoms with Gasteiger partial charge in [-0.05, 0) is 37.8 Å². The molecule has 4 aromatic rings. The summed E-state index contributed by atoms with van der Waals surface area (Å²) < 4.78 is 12.7. The molecule has 2 heterocycles. The first-order valence-corrected chi connectivity index (χ1v) is 12.6. The van der Waals surface area contributed by atoms with Crippen LogP contribution in [-0.2, 0) is 9.47 Å². The molecule has 0 aliphatic heterocycles. The predicted molar refractivity (Wildman–Crippen MR) is 133 cm³/mol. The van der Waals surface area contributed by atoms with Gasteiger partial charge in [-0.25, -0.2) is 9.59 Å². The molecule has 0 amide bonds. The number of rotatable bonds is 9. The van der Waals surface area contributed by atoms with Gasteiger partial charge in [-0.3, -0.25) is 0 Å². The van der Waals surface area contributed by atoms with Crippen molar-refractivity contribution in [2.24, 2.45) is 0 Å². The van der Waals surface area contributed by atoms with E-state index in [-0.39, 0.29) is 11.9 Å². The number of hydrogen-bond acceptors (Lipinski definition) is 6. The molecule has 2 aromatic carbocycles. The normalized spacial score (nSPS) is 11.2. The third-order valence-corrected chi connectivity index (χ3v) is 8.26. The van der Waals surface area contributed by atoms with Gasteiger partial charge in [-0.2, -0.15) is 0 Å². The van der Waals surface area contributed by atoms with E-state index in [0.717, 1.165) is 45.9 Å². The van der Waals surface area contributed by atoms with Crippen LogP contribution in [0.4, 0.5) is 0 Å². The number of fused-ring (bicyclic) bond motifs is 2. The minimum Gasteiger partial charge on any atom is -0.461 e. The van der Waals surface area contributed by atoms with Crippen molar-refractivity contribution in [1.82, 2.24) is 0 Å². The Kier molecular flexibility index (Phi) is 7.68. The van der Waals surface area contributed by atoms with Crippen molar-refractivity contribution >= 4 is 78.0 Å². The molecule has 0 radical (unpaired) electrons. The second kappa shape index (κ2) is 10.7. The van der Waals surface area contributed by atoms with Gasteiger partial charge in [0.25, 0.3) is 0 Å². The number of unbranched alkanes of at least 4 members (excludes halogenated alkanes) is 3. The van der Waals surface area contributed by atoms with Gasteiger partial charge in [0.15, 0.2) is 0 Å². The topological polar surface area (TPSA) is 52.6 Å². The molecule has 0 aliphatic rings. The van der Waals surface area contributed by atoms with Crippen LogP contribution in [0.2, 0.25) is 10.0 Å². The lowest BCUT2D eigenvalue weighted by molar-refractivity contribution is 0.0479. The van der Waals surface area contributed by atoms with E-state index in [1.165, 1.54) is 22.7 Å². The predicted octanol–water partition coefficient (Wildman–Crippen LogP) is 8.00. The number of ether oxygens (including phenoxy) is 2. The fourth-order valence-electron chi connectivity index (χ4n) is 3.31. The molecule has 0 aliphatic carbocycles. The highest BCUT2D eigenvalue weighted by Gasteiger charge is 2.19. The molecule has 0 saturated carbocycles. The van der Waals surface area contributed by atoms with E-state index in [2.05, 4.69) is 0 Å². The monoisotopic (exact) mass is 506 g/mol. The Morgan fingerprint density at radius 1 is 0.656 bits per heavy atom. The number of esters is 2. The first kappa shape index (κ1) is 23.1. The van der Waals surface area contributed by atoms with E-state index in [0.29, 0.717) is 33.0 Å². The summed E-state index contributed by atoms with van der Waals surface area (Å²) in [5.41, 5.74) is 0. The van der Waals surface area contributed by atoms with Crippen molar-refractivity contribution in [3.05, 3.63) is 68.3 Å². The first-order valence-electron chi connectivity index (χ1n) is 10.2. The second-order valence-electron chi connectivity index (χ2n) is 7.17. The molecule has 0 bridgehead atoms. The van der Waals surface area contributed by atoms with E-state index < -0.39 is 0 Å². The highest BCUT2D eigenvalue weighted by Crippen LogP contribution is 2.36. The lowest BCUT2D eigenvalue weighted by atomic mass is 10.2. The van der Waals surface area contributed by atoms with Gasteiger partial charge in [-0.15, -0.1) is 22.7 Å². The molecule has 0 unspecified atom stereocenters. The minimum atomic E-state index is -0.384. The zero-order chi connectivity index (χ0) is 22.5. The van der Waals surface area contributed by atoms with Gasteiger partial charge >= 0.3 is 11.9 Å². The van der Waals surface area contributed by atoms with Gasteiger partial charge < -0.3 is 9.47 Å². The van der Waals surface area contributed by atoms with Gasteiger partial charge in [0.2, 0.25) is 0 Å². The van der Waals surface area contributed by atoms with Crippen LogP contribution in [0.25, 0.3) is 20.2 Å². The average Bonchev–Trinajstić information content (AvgIpc) is 3.33. The quantitative estimate of drug-likeness (QED) is 0.170. The van der Waals surface area contributed by atoms with Crippen molar-refractivity contribution in [2.45, 2.75) is 25.7 Å². The highest BCUT2D eigenvalue weighted by molar-refractivity contribution is 7.22. The highest BCUT2D eigenvalue weighted by atomic mass is 35.5. The van der Waals surface area contributed by atoms with E-state index >= 15 is 0 Å². The molecular weight excluding hydrogens is 487 g/mol. The van der Waals surface area contributed by atoms with Crippen molar-refractivity contribution in [1.29, 1.82) is 0 Å². The third-order valence-electron chi connectivity index (χ3n) is 4.95. The van der Waals surface area contributed by atoms with Gasteiger partial charge in [0.05, 0.1) is 23.3 Å². The molecule has 32 heavy (non-hydrogen) atoms. The largest absolute Gasteiger partial charge is 0.461 e. The zero-order valence-electron chi connectivity index (χ0n) is 17.1. The summed E-state index contributed by atoms with van der Waals surface area (Å²) in [6, 6.07) is 15.3. The average molecular weight is 507 g/mol. The number of thiophene rings is 2. The maximum Gasteiger partial charge on any atom is 0.349 e. The van der Waals surface area contributed by atoms with E-state index in [1.807, 2.05) is 48.5 Å². The Bertz CT molecular complexity index is 1160. The Labute approximate surface area is 203 Å². The van der Waals surface area contributed by atoms with Crippen molar-refractivity contribution in [3.63, 3.8) is 0 Å². The summed E-state index contributed by atoms with van der Waals surface area (Å²) in [5, 5.41) is 2.66. The summed E-state index contributed by atoms with van der Waals surface area (Å²) in [6.07, 6.45) is 3.22. The summed E-state index contributed by atoms with van der Waals surface area (Å²) in [4.78, 5) is 25.5. The Morgan fingerprint density at radius 3 is 1.47 bits per heavy atom. The molecule has 166 valence electrons. The lowest BCUT2D eigenvalue weighted by Crippen LogP contribution is -2.06. The fraction of sp³-hybridized carbons (Fsp3) is 0.250. The Hall–Kier alpha value is -2.12. The smallest absolute Gasteiger partial charge is 0.349 e. The molecule has 0 spiro atoms. The van der Waals surface area contributed by atoms with Crippen LogP contribution in [0.5, 0.6) is 0 Å². The maximum atomic E-state index is 12.3. The number of benzene rings is 2. The number of halogens is 2. The fourth-order valence-corrected chi connectivity index (χ4v) is 6.11. The van der Waals surface area contributed by atoms with Crippen molar-refractivity contribution < 1.29 is 19.1 Å². The summed E-state index contributed by atoms with van der Waals surface area (Å²) >= 11 is 15.3. The van der Waals surface area contributed by atoms with E-state index in [1.54, 1.807) is 0 Å². The molecule has 8 heteroatoms. The van der Waals surface area contributed by atoms with Crippen LogP contribution >= 0.6 is 45.9 Å². The standard InChI is InChI=1S/C24H20Cl2O4S2/c25-19-15-9-3-5-11-17(15)31-21(19)23(27)29-13-7-1-2-8-14-30-24(28)22-20(26)16-10-4-6-12-18(16)32-22/h3-6,9-12H,1-2,7-8,13-14H2. The number of carbonyl (C=O) groups excluding carboxylic acids is 2. The zero-order valence-corrected chi connectivity index (χ0v) is 20.2. The van der Waals surface area contributed by atoms with Crippen LogP contribution in [0.15, 0.2) is 48.5 Å². The van der Waals surface area contributed by atoms with Crippen molar-refractivity contribution in [2.75, 3.05) is 13.2 Å². The molecule has 0 saturated heterocycles. The summed E-state index contributed by atoms with van der Waals surface area (Å²) in [6.45, 7) is 0.668. The van der Waals surface area contributed by atoms with Crippen molar-refractivity contribution in [3.8, 4) is 0 Å². The molecule has 0 fully saturated rings. The molecule has 0 N–H and O–H groups in total. The Morgan fingerprint density at radius 2 is 1.06 bits per heavy atom. The maximum absolute atomic E-state index is 12.3. The molecular formula is C24H20Cl2O4S2. The third kappa shape index (κ3) is 5.09. The Balaban J connectivity index is 1.14. The van der Waals surface area contributed by atoms with Gasteiger partial charge in [-0.1, -0.05) is 59.6 Å². The summed E-state index contributed by atoms with van der Waals surface area (Å²) in [5.74, 6) is -0.768. The minimum absolute atomic E-state index is 0.334. The van der Waals surface area contributed by atoms with Crippen LogP contribution in [0.3, 0.4) is 0 Å². The number of carbonyl (C=O) groups is 2.